The Morgan fingerprint density at radius 3 is 1.78 bits per heavy atom. The molecule has 0 spiro atoms. The van der Waals surface area contributed by atoms with Crippen molar-refractivity contribution in [3.8, 4) is 0 Å². The maximum absolute atomic E-state index is 10.5. The Labute approximate surface area is 167 Å². The summed E-state index contributed by atoms with van der Waals surface area (Å²) in [7, 11) is -4.28. The first-order valence-electron chi connectivity index (χ1n) is 10.9. The minimum Gasteiger partial charge on any atom is -0.395 e. The summed E-state index contributed by atoms with van der Waals surface area (Å²) in [5.41, 5.74) is 0. The molecule has 1 unspecified atom stereocenters. The summed E-state index contributed by atoms with van der Waals surface area (Å²) in [5.74, 6) is 0.286. The van der Waals surface area contributed by atoms with Gasteiger partial charge >= 0.3 is 7.82 Å². The van der Waals surface area contributed by atoms with Crippen molar-refractivity contribution in [1.82, 2.24) is 4.90 Å². The van der Waals surface area contributed by atoms with Crippen molar-refractivity contribution in [3.63, 3.8) is 0 Å². The highest BCUT2D eigenvalue weighted by atomic mass is 31.2. The summed E-state index contributed by atoms with van der Waals surface area (Å²) in [6.07, 6.45) is 11.5. The molecule has 0 fully saturated rings. The molecule has 0 bridgehead atoms. The van der Waals surface area contributed by atoms with Gasteiger partial charge in [0.15, 0.2) is 0 Å². The Hall–Kier alpha value is 0.0300. The lowest BCUT2D eigenvalue weighted by Crippen LogP contribution is -2.28. The lowest BCUT2D eigenvalue weighted by atomic mass is 9.98. The number of hydrogen-bond acceptors (Lipinski definition) is 4. The summed E-state index contributed by atoms with van der Waals surface area (Å²) in [5, 5.41) is 8.79. The van der Waals surface area contributed by atoms with Crippen LogP contribution in [0, 0.1) is 5.92 Å². The van der Waals surface area contributed by atoms with Crippen LogP contribution in [0.2, 0.25) is 0 Å². The summed E-state index contributed by atoms with van der Waals surface area (Å²) < 4.78 is 15.1. The van der Waals surface area contributed by atoms with Crippen LogP contribution in [0.25, 0.3) is 0 Å². The van der Waals surface area contributed by atoms with Gasteiger partial charge in [-0.3, -0.25) is 4.52 Å². The van der Waals surface area contributed by atoms with Crippen molar-refractivity contribution >= 4 is 7.82 Å². The van der Waals surface area contributed by atoms with E-state index in [9.17, 15) is 4.57 Å². The molecule has 0 aliphatic carbocycles. The SMILES string of the molecule is CCCCCC(CCC)COP(=O)(O)O.CCCCN(CCO)CCCC. The van der Waals surface area contributed by atoms with Crippen LogP contribution in [-0.2, 0) is 9.09 Å². The quantitative estimate of drug-likeness (QED) is 0.231. The van der Waals surface area contributed by atoms with Crippen LogP contribution in [-0.4, -0.2) is 52.6 Å². The summed E-state index contributed by atoms with van der Waals surface area (Å²) in [6.45, 7) is 12.3. The second-order valence-corrected chi connectivity index (χ2v) is 8.45. The topological polar surface area (TPSA) is 90.2 Å². The summed E-state index contributed by atoms with van der Waals surface area (Å²) in [4.78, 5) is 19.5. The molecule has 0 radical (unpaired) electrons. The van der Waals surface area contributed by atoms with E-state index in [1.54, 1.807) is 0 Å². The summed E-state index contributed by atoms with van der Waals surface area (Å²) >= 11 is 0. The van der Waals surface area contributed by atoms with Gasteiger partial charge in [-0.25, -0.2) is 4.57 Å². The number of phosphoric acid groups is 1. The molecule has 0 saturated heterocycles. The number of aliphatic hydroxyl groups is 1. The zero-order valence-corrected chi connectivity index (χ0v) is 19.1. The van der Waals surface area contributed by atoms with Gasteiger partial charge in [0.05, 0.1) is 13.2 Å². The lowest BCUT2D eigenvalue weighted by molar-refractivity contribution is 0.158. The number of unbranched alkanes of at least 4 members (excludes halogenated alkanes) is 4. The number of hydrogen-bond donors (Lipinski definition) is 3. The minimum atomic E-state index is -4.28. The van der Waals surface area contributed by atoms with E-state index in [1.807, 2.05) is 0 Å². The van der Waals surface area contributed by atoms with E-state index in [1.165, 1.54) is 32.1 Å². The average Bonchev–Trinajstić information content (AvgIpc) is 2.62. The van der Waals surface area contributed by atoms with Gasteiger partial charge in [0.2, 0.25) is 0 Å². The first kappa shape index (κ1) is 29.2. The molecular weight excluding hydrogens is 365 g/mol. The Bertz CT molecular complexity index is 330. The van der Waals surface area contributed by atoms with Crippen LogP contribution < -0.4 is 0 Å². The predicted octanol–water partition coefficient (Wildman–Crippen LogP) is 4.97. The molecule has 0 aromatic carbocycles. The molecule has 27 heavy (non-hydrogen) atoms. The third-order valence-corrected chi connectivity index (χ3v) is 4.95. The van der Waals surface area contributed by atoms with E-state index in [4.69, 9.17) is 14.9 Å². The van der Waals surface area contributed by atoms with Gasteiger partial charge in [-0.1, -0.05) is 66.2 Å². The first-order chi connectivity index (χ1) is 12.8. The molecule has 0 heterocycles. The van der Waals surface area contributed by atoms with Gasteiger partial charge in [0.25, 0.3) is 0 Å². The third-order valence-electron chi connectivity index (χ3n) is 4.46. The van der Waals surface area contributed by atoms with E-state index < -0.39 is 7.82 Å². The number of aliphatic hydroxyl groups excluding tert-OH is 1. The van der Waals surface area contributed by atoms with E-state index in [2.05, 4.69) is 37.1 Å². The van der Waals surface area contributed by atoms with Crippen molar-refractivity contribution in [1.29, 1.82) is 0 Å². The van der Waals surface area contributed by atoms with Gasteiger partial charge < -0.3 is 19.8 Å². The van der Waals surface area contributed by atoms with Crippen LogP contribution in [0.1, 0.15) is 91.9 Å². The maximum atomic E-state index is 10.5. The second-order valence-electron chi connectivity index (χ2n) is 7.21. The monoisotopic (exact) mass is 411 g/mol. The molecular formula is C20H46NO5P. The Balaban J connectivity index is 0. The van der Waals surface area contributed by atoms with E-state index >= 15 is 0 Å². The minimum absolute atomic E-state index is 0.182. The Morgan fingerprint density at radius 2 is 1.37 bits per heavy atom. The molecule has 0 aromatic heterocycles. The average molecular weight is 412 g/mol. The molecule has 3 N–H and O–H groups in total. The zero-order valence-electron chi connectivity index (χ0n) is 18.2. The lowest BCUT2D eigenvalue weighted by Gasteiger charge is -2.20. The van der Waals surface area contributed by atoms with E-state index in [0.717, 1.165) is 51.7 Å². The molecule has 0 aliphatic heterocycles. The van der Waals surface area contributed by atoms with Gasteiger partial charge in [0, 0.05) is 6.54 Å². The van der Waals surface area contributed by atoms with Gasteiger partial charge in [-0.15, -0.1) is 0 Å². The third kappa shape index (κ3) is 24.0. The van der Waals surface area contributed by atoms with Gasteiger partial charge in [-0.05, 0) is 44.7 Å². The smallest absolute Gasteiger partial charge is 0.395 e. The number of phosphoric ester groups is 1. The fraction of sp³-hybridized carbons (Fsp3) is 1.00. The molecule has 6 nitrogen and oxygen atoms in total. The predicted molar refractivity (Wildman–Crippen MR) is 114 cm³/mol. The molecule has 0 saturated carbocycles. The van der Waals surface area contributed by atoms with Crippen molar-refractivity contribution in [2.24, 2.45) is 5.92 Å². The maximum Gasteiger partial charge on any atom is 0.469 e. The van der Waals surface area contributed by atoms with Gasteiger partial charge in [0.1, 0.15) is 0 Å². The van der Waals surface area contributed by atoms with E-state index in [-0.39, 0.29) is 12.5 Å². The van der Waals surface area contributed by atoms with Crippen molar-refractivity contribution in [3.05, 3.63) is 0 Å². The molecule has 7 heteroatoms. The largest absolute Gasteiger partial charge is 0.469 e. The fourth-order valence-electron chi connectivity index (χ4n) is 2.85. The molecule has 1 atom stereocenters. The van der Waals surface area contributed by atoms with Crippen LogP contribution >= 0.6 is 7.82 Å². The van der Waals surface area contributed by atoms with Crippen LogP contribution in [0.4, 0.5) is 0 Å². The normalized spacial score (nSPS) is 12.7. The first-order valence-corrected chi connectivity index (χ1v) is 12.4. The highest BCUT2D eigenvalue weighted by Gasteiger charge is 2.17. The van der Waals surface area contributed by atoms with Gasteiger partial charge in [-0.2, -0.15) is 0 Å². The van der Waals surface area contributed by atoms with E-state index in [0.29, 0.717) is 6.61 Å². The van der Waals surface area contributed by atoms with Crippen molar-refractivity contribution in [2.75, 3.05) is 32.8 Å². The molecule has 0 amide bonds. The van der Waals surface area contributed by atoms with Crippen LogP contribution in [0.3, 0.4) is 0 Å². The highest BCUT2D eigenvalue weighted by molar-refractivity contribution is 7.46. The van der Waals surface area contributed by atoms with Crippen molar-refractivity contribution < 1.29 is 24.0 Å². The number of rotatable bonds is 17. The standard InChI is InChI=1S/C10H23NO.C10H23O4P/c1-3-5-7-11(9-10-12)8-6-4-2;1-3-5-6-8-10(7-4-2)9-14-15(11,12)13/h12H,3-10H2,1-2H3;10H,3-9H2,1-2H3,(H2,11,12,13). The molecule has 0 aliphatic rings. The Morgan fingerprint density at radius 1 is 0.815 bits per heavy atom. The molecule has 0 aromatic rings. The van der Waals surface area contributed by atoms with Crippen LogP contribution in [0.5, 0.6) is 0 Å². The number of nitrogens with zero attached hydrogens (tertiary/aromatic N) is 1. The zero-order chi connectivity index (χ0) is 21.0. The second kappa shape index (κ2) is 20.8. The van der Waals surface area contributed by atoms with Crippen molar-refractivity contribution in [2.45, 2.75) is 91.9 Å². The highest BCUT2D eigenvalue weighted by Crippen LogP contribution is 2.37. The Kier molecular flexibility index (Phi) is 22.5. The molecule has 0 rings (SSSR count). The molecule has 166 valence electrons. The van der Waals surface area contributed by atoms with Crippen LogP contribution in [0.15, 0.2) is 0 Å². The fourth-order valence-corrected chi connectivity index (χ4v) is 3.25. The summed E-state index contributed by atoms with van der Waals surface area (Å²) in [6, 6.07) is 0.